The molecule has 1 aromatic heterocycles. The number of pyridine rings is 1. The van der Waals surface area contributed by atoms with Crippen molar-refractivity contribution in [3.05, 3.63) is 44.7 Å². The summed E-state index contributed by atoms with van der Waals surface area (Å²) in [5, 5.41) is 12.4. The van der Waals surface area contributed by atoms with Crippen molar-refractivity contribution in [1.82, 2.24) is 9.47 Å². The number of anilines is 1. The van der Waals surface area contributed by atoms with Crippen LogP contribution in [0.25, 0.3) is 10.9 Å². The lowest BCUT2D eigenvalue weighted by Gasteiger charge is -2.35. The number of nitrogens with zero attached hydrogens (tertiary/aromatic N) is 4. The summed E-state index contributed by atoms with van der Waals surface area (Å²) in [5.74, 6) is 0. The maximum atomic E-state index is 12.7. The fourth-order valence-electron chi connectivity index (χ4n) is 3.46. The highest BCUT2D eigenvalue weighted by atomic mass is 16.6. The topological polar surface area (TPSA) is 71.6 Å². The Morgan fingerprint density at radius 3 is 2.33 bits per heavy atom. The van der Waals surface area contributed by atoms with Gasteiger partial charge in [-0.2, -0.15) is 0 Å². The van der Waals surface area contributed by atoms with Gasteiger partial charge in [-0.05, 0) is 19.5 Å². The standard InChI is InChI=1S/C17H22N4O3/c1-3-18-9-11-19(12-10-18)15-13-7-5-6-8-14(13)20(4-2)17(22)16(15)21(23)24/h5-8H,3-4,9-12H2,1-2H3. The monoisotopic (exact) mass is 330 g/mol. The molecule has 0 radical (unpaired) electrons. The zero-order valence-electron chi connectivity index (χ0n) is 14.1. The van der Waals surface area contributed by atoms with Crippen LogP contribution in [-0.4, -0.2) is 47.1 Å². The summed E-state index contributed by atoms with van der Waals surface area (Å²) in [6, 6.07) is 7.45. The summed E-state index contributed by atoms with van der Waals surface area (Å²) >= 11 is 0. The first-order chi connectivity index (χ1) is 11.6. The summed E-state index contributed by atoms with van der Waals surface area (Å²) in [6.45, 7) is 8.38. The number of likely N-dealkylation sites (N-methyl/N-ethyl adjacent to an activating group) is 1. The smallest absolute Gasteiger partial charge is 0.357 e. The van der Waals surface area contributed by atoms with Crippen molar-refractivity contribution < 1.29 is 4.92 Å². The second-order valence-electron chi connectivity index (χ2n) is 5.94. The molecule has 1 saturated heterocycles. The number of aromatic nitrogens is 1. The molecule has 3 rings (SSSR count). The molecule has 0 unspecified atom stereocenters. The van der Waals surface area contributed by atoms with Crippen LogP contribution in [0, 0.1) is 10.1 Å². The Balaban J connectivity index is 2.24. The number of piperazine rings is 1. The number of hydrogen-bond acceptors (Lipinski definition) is 5. The Kier molecular flexibility index (Phi) is 4.53. The van der Waals surface area contributed by atoms with Crippen LogP contribution in [0.15, 0.2) is 29.1 Å². The van der Waals surface area contributed by atoms with Crippen molar-refractivity contribution in [3.63, 3.8) is 0 Å². The zero-order chi connectivity index (χ0) is 17.3. The molecular formula is C17H22N4O3. The van der Waals surface area contributed by atoms with Crippen molar-refractivity contribution in [2.45, 2.75) is 20.4 Å². The highest BCUT2D eigenvalue weighted by molar-refractivity contribution is 5.96. The summed E-state index contributed by atoms with van der Waals surface area (Å²) in [7, 11) is 0. The number of rotatable bonds is 4. The highest BCUT2D eigenvalue weighted by Crippen LogP contribution is 2.34. The van der Waals surface area contributed by atoms with E-state index in [4.69, 9.17) is 0 Å². The normalized spacial score (nSPS) is 15.8. The molecule has 1 aromatic carbocycles. The zero-order valence-corrected chi connectivity index (χ0v) is 14.1. The predicted octanol–water partition coefficient (Wildman–Crippen LogP) is 2.07. The lowest BCUT2D eigenvalue weighted by Crippen LogP contribution is -2.47. The van der Waals surface area contributed by atoms with Crippen LogP contribution < -0.4 is 10.5 Å². The van der Waals surface area contributed by atoms with Gasteiger partial charge in [0.1, 0.15) is 5.69 Å². The lowest BCUT2D eigenvalue weighted by molar-refractivity contribution is -0.385. The van der Waals surface area contributed by atoms with Gasteiger partial charge in [0.15, 0.2) is 0 Å². The fraction of sp³-hybridized carbons (Fsp3) is 0.471. The summed E-state index contributed by atoms with van der Waals surface area (Å²) in [5.41, 5.74) is 0.402. The van der Waals surface area contributed by atoms with E-state index < -0.39 is 10.5 Å². The molecule has 7 nitrogen and oxygen atoms in total. The fourth-order valence-corrected chi connectivity index (χ4v) is 3.46. The molecule has 1 aliphatic rings. The van der Waals surface area contributed by atoms with Gasteiger partial charge in [0.2, 0.25) is 0 Å². The van der Waals surface area contributed by atoms with E-state index in [9.17, 15) is 14.9 Å². The van der Waals surface area contributed by atoms with Crippen LogP contribution in [0.2, 0.25) is 0 Å². The maximum Gasteiger partial charge on any atom is 0.357 e. The molecule has 0 amide bonds. The molecular weight excluding hydrogens is 308 g/mol. The molecule has 0 spiro atoms. The number of aryl methyl sites for hydroxylation is 1. The number of benzene rings is 1. The summed E-state index contributed by atoms with van der Waals surface area (Å²) in [6.07, 6.45) is 0. The average molecular weight is 330 g/mol. The molecule has 2 heterocycles. The largest absolute Gasteiger partial charge is 0.363 e. The van der Waals surface area contributed by atoms with Gasteiger partial charge in [0.25, 0.3) is 0 Å². The Hall–Kier alpha value is -2.41. The molecule has 0 aliphatic carbocycles. The summed E-state index contributed by atoms with van der Waals surface area (Å²) in [4.78, 5) is 28.2. The van der Waals surface area contributed by atoms with E-state index >= 15 is 0 Å². The van der Waals surface area contributed by atoms with Crippen molar-refractivity contribution >= 4 is 22.3 Å². The van der Waals surface area contributed by atoms with E-state index in [1.165, 1.54) is 4.57 Å². The Bertz CT molecular complexity index is 822. The van der Waals surface area contributed by atoms with E-state index in [-0.39, 0.29) is 5.69 Å². The average Bonchev–Trinajstić information content (AvgIpc) is 2.60. The Morgan fingerprint density at radius 1 is 1.08 bits per heavy atom. The van der Waals surface area contributed by atoms with Crippen LogP contribution >= 0.6 is 0 Å². The minimum atomic E-state index is -0.525. The lowest BCUT2D eigenvalue weighted by atomic mass is 10.1. The number of nitro groups is 1. The maximum absolute atomic E-state index is 12.7. The SMILES string of the molecule is CCN1CCN(c2c([N+](=O)[O-])c(=O)n(CC)c3ccccc23)CC1. The van der Waals surface area contributed by atoms with Crippen LogP contribution in [0.3, 0.4) is 0 Å². The van der Waals surface area contributed by atoms with Crippen molar-refractivity contribution in [2.75, 3.05) is 37.6 Å². The third-order valence-corrected chi connectivity index (χ3v) is 4.76. The van der Waals surface area contributed by atoms with Gasteiger partial charge < -0.3 is 14.4 Å². The first-order valence-electron chi connectivity index (χ1n) is 8.35. The quantitative estimate of drug-likeness (QED) is 0.634. The van der Waals surface area contributed by atoms with Gasteiger partial charge in [-0.3, -0.25) is 14.9 Å². The third-order valence-electron chi connectivity index (χ3n) is 4.76. The van der Waals surface area contributed by atoms with Crippen LogP contribution in [0.5, 0.6) is 0 Å². The molecule has 0 N–H and O–H groups in total. The van der Waals surface area contributed by atoms with E-state index in [2.05, 4.69) is 11.8 Å². The second kappa shape index (κ2) is 6.60. The molecule has 128 valence electrons. The molecule has 1 fully saturated rings. The van der Waals surface area contributed by atoms with Crippen LogP contribution in [0.1, 0.15) is 13.8 Å². The van der Waals surface area contributed by atoms with E-state index in [0.717, 1.165) is 30.5 Å². The molecule has 2 aromatic rings. The number of hydrogen-bond donors (Lipinski definition) is 0. The minimum absolute atomic E-state index is 0.305. The molecule has 7 heteroatoms. The molecule has 1 aliphatic heterocycles. The van der Waals surface area contributed by atoms with Gasteiger partial charge in [-0.15, -0.1) is 0 Å². The van der Waals surface area contributed by atoms with E-state index in [0.29, 0.717) is 25.3 Å². The number of fused-ring (bicyclic) bond motifs is 1. The molecule has 0 saturated carbocycles. The predicted molar refractivity (Wildman–Crippen MR) is 94.9 cm³/mol. The summed E-state index contributed by atoms with van der Waals surface area (Å²) < 4.78 is 1.49. The Labute approximate surface area is 140 Å². The van der Waals surface area contributed by atoms with Crippen molar-refractivity contribution in [2.24, 2.45) is 0 Å². The number of para-hydroxylation sites is 1. The van der Waals surface area contributed by atoms with Gasteiger partial charge in [0.05, 0.1) is 10.4 Å². The van der Waals surface area contributed by atoms with Gasteiger partial charge in [0, 0.05) is 38.1 Å². The van der Waals surface area contributed by atoms with Crippen LogP contribution in [0.4, 0.5) is 11.4 Å². The molecule has 0 atom stereocenters. The van der Waals surface area contributed by atoms with E-state index in [1.54, 1.807) is 0 Å². The Morgan fingerprint density at radius 2 is 1.75 bits per heavy atom. The minimum Gasteiger partial charge on any atom is -0.363 e. The van der Waals surface area contributed by atoms with Crippen molar-refractivity contribution in [1.29, 1.82) is 0 Å². The van der Waals surface area contributed by atoms with Gasteiger partial charge in [-0.25, -0.2) is 0 Å². The second-order valence-corrected chi connectivity index (χ2v) is 5.94. The molecule has 0 bridgehead atoms. The third kappa shape index (κ3) is 2.65. The van der Waals surface area contributed by atoms with Crippen molar-refractivity contribution in [3.8, 4) is 0 Å². The first kappa shape index (κ1) is 16.4. The first-order valence-corrected chi connectivity index (χ1v) is 8.35. The van der Waals surface area contributed by atoms with E-state index in [1.807, 2.05) is 36.1 Å². The van der Waals surface area contributed by atoms with Gasteiger partial charge in [-0.1, -0.05) is 25.1 Å². The highest BCUT2D eigenvalue weighted by Gasteiger charge is 2.30. The van der Waals surface area contributed by atoms with Gasteiger partial charge >= 0.3 is 11.2 Å². The van der Waals surface area contributed by atoms with Crippen LogP contribution in [-0.2, 0) is 6.54 Å². The molecule has 24 heavy (non-hydrogen) atoms.